The molecule has 0 aliphatic carbocycles. The molecule has 0 bridgehead atoms. The van der Waals surface area contributed by atoms with Crippen LogP contribution in [-0.4, -0.2) is 34.0 Å². The summed E-state index contributed by atoms with van der Waals surface area (Å²) in [6.07, 6.45) is 1.49. The van der Waals surface area contributed by atoms with Crippen molar-refractivity contribution in [2.45, 2.75) is 24.7 Å². The monoisotopic (exact) mass is 486 g/mol. The van der Waals surface area contributed by atoms with Gasteiger partial charge >= 0.3 is 0 Å². The number of ether oxygens (including phenoxy) is 1. The Balaban J connectivity index is 1.74. The number of nitrogens with one attached hydrogen (secondary N) is 1. The highest BCUT2D eigenvalue weighted by Gasteiger charge is 2.29. The molecule has 0 aliphatic heterocycles. The van der Waals surface area contributed by atoms with E-state index in [2.05, 4.69) is 5.32 Å². The molecule has 0 fully saturated rings. The van der Waals surface area contributed by atoms with Crippen LogP contribution in [0, 0.1) is 0 Å². The number of carbonyl (C=O) groups excluding carboxylic acids is 1. The molecule has 6 nitrogen and oxygen atoms in total. The van der Waals surface area contributed by atoms with E-state index in [1.165, 1.54) is 12.1 Å². The van der Waals surface area contributed by atoms with Crippen LogP contribution in [0.15, 0.2) is 83.8 Å². The van der Waals surface area contributed by atoms with Gasteiger partial charge in [0.1, 0.15) is 12.3 Å². The second-order valence-electron chi connectivity index (χ2n) is 7.31. The fourth-order valence-corrected chi connectivity index (χ4v) is 4.90. The summed E-state index contributed by atoms with van der Waals surface area (Å²) >= 11 is 5.91. The summed E-state index contributed by atoms with van der Waals surface area (Å²) in [6.45, 7) is 2.25. The summed E-state index contributed by atoms with van der Waals surface area (Å²) in [5, 5.41) is 3.51. The lowest BCUT2D eigenvalue weighted by molar-refractivity contribution is -0.119. The average Bonchev–Trinajstić information content (AvgIpc) is 2.83. The third-order valence-corrected chi connectivity index (χ3v) is 6.96. The maximum absolute atomic E-state index is 13.4. The maximum Gasteiger partial charge on any atom is 0.264 e. The minimum absolute atomic E-state index is 0.104. The van der Waals surface area contributed by atoms with Crippen molar-refractivity contribution in [1.29, 1.82) is 0 Å². The molecule has 0 atom stereocenters. The predicted molar refractivity (Wildman–Crippen MR) is 131 cm³/mol. The summed E-state index contributed by atoms with van der Waals surface area (Å²) in [6, 6.07) is 22.4. The zero-order chi connectivity index (χ0) is 23.7. The number of aryl methyl sites for hydroxylation is 1. The fourth-order valence-electron chi connectivity index (χ4n) is 3.32. The first-order chi connectivity index (χ1) is 15.9. The molecule has 0 unspecified atom stereocenters. The van der Waals surface area contributed by atoms with Crippen LogP contribution in [0.4, 0.5) is 5.69 Å². The minimum Gasteiger partial charge on any atom is -0.492 e. The van der Waals surface area contributed by atoms with Crippen molar-refractivity contribution in [3.8, 4) is 5.75 Å². The van der Waals surface area contributed by atoms with Crippen molar-refractivity contribution in [3.63, 3.8) is 0 Å². The smallest absolute Gasteiger partial charge is 0.264 e. The number of anilines is 1. The second-order valence-corrected chi connectivity index (χ2v) is 9.60. The molecule has 0 spiro atoms. The topological polar surface area (TPSA) is 75.7 Å². The average molecular weight is 487 g/mol. The van der Waals surface area contributed by atoms with E-state index in [0.29, 0.717) is 36.0 Å². The van der Waals surface area contributed by atoms with Gasteiger partial charge in [0.25, 0.3) is 10.0 Å². The third-order valence-electron chi connectivity index (χ3n) is 4.93. The Morgan fingerprint density at radius 1 is 0.970 bits per heavy atom. The SMILES string of the molecule is CCOc1ccccc1N(CC(=O)NCCCc1ccc(Cl)cc1)S(=O)(=O)c1ccccc1. The summed E-state index contributed by atoms with van der Waals surface area (Å²) in [5.41, 5.74) is 1.44. The number of sulfonamides is 1. The Bertz CT molecular complexity index is 1150. The molecule has 3 aromatic rings. The third kappa shape index (κ3) is 6.73. The number of carbonyl (C=O) groups is 1. The van der Waals surface area contributed by atoms with Crippen LogP contribution in [0.2, 0.25) is 5.02 Å². The van der Waals surface area contributed by atoms with Crippen LogP contribution in [0.25, 0.3) is 0 Å². The van der Waals surface area contributed by atoms with Crippen molar-refractivity contribution in [1.82, 2.24) is 5.32 Å². The molecule has 0 aliphatic rings. The minimum atomic E-state index is -3.99. The number of hydrogen-bond donors (Lipinski definition) is 1. The Labute approximate surface area is 200 Å². The number of rotatable bonds is 11. The van der Waals surface area contributed by atoms with Crippen molar-refractivity contribution < 1.29 is 17.9 Å². The van der Waals surface area contributed by atoms with E-state index in [1.807, 2.05) is 31.2 Å². The van der Waals surface area contributed by atoms with Gasteiger partial charge in [-0.15, -0.1) is 0 Å². The van der Waals surface area contributed by atoms with E-state index in [-0.39, 0.29) is 11.4 Å². The molecule has 3 aromatic carbocycles. The number of para-hydroxylation sites is 2. The lowest BCUT2D eigenvalue weighted by Crippen LogP contribution is -2.41. The molecule has 8 heteroatoms. The van der Waals surface area contributed by atoms with Crippen LogP contribution < -0.4 is 14.4 Å². The van der Waals surface area contributed by atoms with Crippen LogP contribution in [0.5, 0.6) is 5.75 Å². The van der Waals surface area contributed by atoms with Gasteiger partial charge in [0, 0.05) is 11.6 Å². The van der Waals surface area contributed by atoms with Crippen LogP contribution >= 0.6 is 11.6 Å². The largest absolute Gasteiger partial charge is 0.492 e. The maximum atomic E-state index is 13.4. The Morgan fingerprint density at radius 2 is 1.64 bits per heavy atom. The van der Waals surface area contributed by atoms with E-state index in [9.17, 15) is 13.2 Å². The number of hydrogen-bond acceptors (Lipinski definition) is 4. The van der Waals surface area contributed by atoms with E-state index in [0.717, 1.165) is 16.3 Å². The lowest BCUT2D eigenvalue weighted by Gasteiger charge is -2.26. The van der Waals surface area contributed by atoms with Crippen molar-refractivity contribution in [2.75, 3.05) is 24.0 Å². The predicted octanol–water partition coefficient (Wildman–Crippen LogP) is 4.68. The molecule has 1 N–H and O–H groups in total. The molecule has 0 saturated heterocycles. The first-order valence-electron chi connectivity index (χ1n) is 10.7. The highest BCUT2D eigenvalue weighted by atomic mass is 35.5. The highest BCUT2D eigenvalue weighted by molar-refractivity contribution is 7.92. The fraction of sp³-hybridized carbons (Fsp3) is 0.240. The molecule has 0 saturated carbocycles. The number of nitrogens with zero attached hydrogens (tertiary/aromatic N) is 1. The Kier molecular flexibility index (Phi) is 8.74. The summed E-state index contributed by atoms with van der Waals surface area (Å²) in [7, 11) is -3.99. The number of benzene rings is 3. The van der Waals surface area contributed by atoms with Gasteiger partial charge in [-0.1, -0.05) is 54.1 Å². The van der Waals surface area contributed by atoms with Gasteiger partial charge in [0.2, 0.25) is 5.91 Å². The molecular weight excluding hydrogens is 460 g/mol. The quantitative estimate of drug-likeness (QED) is 0.399. The Hall–Kier alpha value is -3.03. The number of halogens is 1. The molecule has 33 heavy (non-hydrogen) atoms. The Morgan fingerprint density at radius 3 is 2.33 bits per heavy atom. The molecule has 1 amide bonds. The van der Waals surface area contributed by atoms with Gasteiger partial charge in [-0.25, -0.2) is 8.42 Å². The van der Waals surface area contributed by atoms with Gasteiger partial charge in [-0.2, -0.15) is 0 Å². The number of amides is 1. The molecule has 174 valence electrons. The van der Waals surface area contributed by atoms with Crippen LogP contribution in [0.1, 0.15) is 18.9 Å². The zero-order valence-electron chi connectivity index (χ0n) is 18.4. The lowest BCUT2D eigenvalue weighted by atomic mass is 10.1. The normalized spacial score (nSPS) is 11.1. The van der Waals surface area contributed by atoms with E-state index in [4.69, 9.17) is 16.3 Å². The van der Waals surface area contributed by atoms with Crippen molar-refractivity contribution in [3.05, 3.63) is 89.4 Å². The zero-order valence-corrected chi connectivity index (χ0v) is 20.0. The summed E-state index contributed by atoms with van der Waals surface area (Å²) < 4.78 is 33.6. The second kappa shape index (κ2) is 11.7. The first kappa shape index (κ1) is 24.6. The van der Waals surface area contributed by atoms with Gasteiger partial charge in [-0.05, 0) is 61.7 Å². The van der Waals surface area contributed by atoms with E-state index in [1.54, 1.807) is 42.5 Å². The molecule has 0 heterocycles. The molecular formula is C25H27ClN2O4S. The van der Waals surface area contributed by atoms with Crippen molar-refractivity contribution in [2.24, 2.45) is 0 Å². The summed E-state index contributed by atoms with van der Waals surface area (Å²) in [5.74, 6) is 0.00644. The van der Waals surface area contributed by atoms with E-state index >= 15 is 0 Å². The van der Waals surface area contributed by atoms with Gasteiger partial charge < -0.3 is 10.1 Å². The highest BCUT2D eigenvalue weighted by Crippen LogP contribution is 2.32. The standard InChI is InChI=1S/C25H27ClN2O4S/c1-2-32-24-13-7-6-12-23(24)28(33(30,31)22-10-4-3-5-11-22)19-25(29)27-18-8-9-20-14-16-21(26)17-15-20/h3-7,10-17H,2,8-9,18-19H2,1H3,(H,27,29). The van der Waals surface area contributed by atoms with Crippen LogP contribution in [-0.2, 0) is 21.2 Å². The summed E-state index contributed by atoms with van der Waals surface area (Å²) in [4.78, 5) is 12.9. The van der Waals surface area contributed by atoms with E-state index < -0.39 is 15.9 Å². The molecule has 3 rings (SSSR count). The van der Waals surface area contributed by atoms with Gasteiger partial charge in [-0.3, -0.25) is 9.10 Å². The molecule has 0 radical (unpaired) electrons. The first-order valence-corrected chi connectivity index (χ1v) is 12.5. The van der Waals surface area contributed by atoms with Gasteiger partial charge in [0.15, 0.2) is 0 Å². The van der Waals surface area contributed by atoms with Crippen LogP contribution in [0.3, 0.4) is 0 Å². The molecule has 0 aromatic heterocycles. The van der Waals surface area contributed by atoms with Gasteiger partial charge in [0.05, 0.1) is 17.2 Å². The van der Waals surface area contributed by atoms with Crippen molar-refractivity contribution >= 4 is 33.2 Å².